The molecule has 120 valence electrons. The topological polar surface area (TPSA) is 157 Å². The van der Waals surface area contributed by atoms with E-state index in [0.717, 1.165) is 0 Å². The van der Waals surface area contributed by atoms with Gasteiger partial charge in [-0.15, -0.1) is 0 Å². The van der Waals surface area contributed by atoms with E-state index < -0.39 is 24.5 Å². The van der Waals surface area contributed by atoms with Crippen molar-refractivity contribution in [3.8, 4) is 0 Å². The smallest absolute Gasteiger partial charge is 0.241 e. The first-order chi connectivity index (χ1) is 10.6. The monoisotopic (exact) mass is 327 g/mol. The van der Waals surface area contributed by atoms with E-state index in [1.54, 1.807) is 0 Å². The van der Waals surface area contributed by atoms with Gasteiger partial charge in [0, 0.05) is 5.75 Å². The number of aromatic nitrogens is 4. The van der Waals surface area contributed by atoms with Crippen LogP contribution in [0.2, 0.25) is 0 Å². The molecule has 2 aromatic rings. The van der Waals surface area contributed by atoms with E-state index in [1.807, 2.05) is 6.26 Å². The molecular weight excluding hydrogens is 310 g/mol. The van der Waals surface area contributed by atoms with Crippen LogP contribution in [0.5, 0.6) is 0 Å². The second-order valence-corrected chi connectivity index (χ2v) is 5.81. The fourth-order valence-electron chi connectivity index (χ4n) is 2.45. The molecule has 22 heavy (non-hydrogen) atoms. The molecule has 1 aliphatic heterocycles. The van der Waals surface area contributed by atoms with E-state index >= 15 is 0 Å². The van der Waals surface area contributed by atoms with E-state index in [1.165, 1.54) is 22.7 Å². The van der Waals surface area contributed by atoms with Gasteiger partial charge in [-0.3, -0.25) is 9.99 Å². The molecule has 1 saturated heterocycles. The molecule has 3 rings (SSSR count). The molecule has 1 fully saturated rings. The van der Waals surface area contributed by atoms with Crippen molar-refractivity contribution in [2.75, 3.05) is 23.2 Å². The van der Waals surface area contributed by atoms with Crippen LogP contribution in [0, 0.1) is 0 Å². The largest absolute Gasteiger partial charge is 0.387 e. The highest BCUT2D eigenvalue weighted by Crippen LogP contribution is 2.33. The standard InChI is InChI=1S/C11H17N7O3S/c1-22-2-4-6(19)7(20)10(21-4)18-3-14-5-8(12)15-11(17-13)16-9(5)18/h3-4,6-7,10,19-20H,2,13H2,1H3,(H3,12,15,16,17)/t4-,6?,7?,10-/m1/s1. The molecule has 1 aliphatic rings. The summed E-state index contributed by atoms with van der Waals surface area (Å²) >= 11 is 1.52. The average Bonchev–Trinajstić information content (AvgIpc) is 3.04. The number of nitrogens with zero attached hydrogens (tertiary/aromatic N) is 4. The summed E-state index contributed by atoms with van der Waals surface area (Å²) in [5.74, 6) is 6.16. The van der Waals surface area contributed by atoms with Crippen molar-refractivity contribution in [2.24, 2.45) is 5.84 Å². The number of nitrogen functional groups attached to an aromatic ring is 2. The maximum absolute atomic E-state index is 10.2. The van der Waals surface area contributed by atoms with Gasteiger partial charge in [-0.1, -0.05) is 0 Å². The quantitative estimate of drug-likeness (QED) is 0.337. The molecular formula is C11H17N7O3S. The summed E-state index contributed by atoms with van der Waals surface area (Å²) in [5.41, 5.74) is 8.86. The van der Waals surface area contributed by atoms with Crippen molar-refractivity contribution in [1.29, 1.82) is 0 Å². The van der Waals surface area contributed by atoms with Crippen LogP contribution in [-0.4, -0.2) is 60.1 Å². The number of hydrazine groups is 1. The highest BCUT2D eigenvalue weighted by molar-refractivity contribution is 7.98. The molecule has 0 radical (unpaired) electrons. The highest BCUT2D eigenvalue weighted by Gasteiger charge is 2.44. The molecule has 2 aromatic heterocycles. The molecule has 2 unspecified atom stereocenters. The van der Waals surface area contributed by atoms with E-state index in [2.05, 4.69) is 20.4 Å². The van der Waals surface area contributed by atoms with Gasteiger partial charge in [0.15, 0.2) is 17.7 Å². The maximum atomic E-state index is 10.2. The second-order valence-electron chi connectivity index (χ2n) is 4.90. The van der Waals surface area contributed by atoms with Crippen LogP contribution in [0.3, 0.4) is 0 Å². The van der Waals surface area contributed by atoms with Gasteiger partial charge in [0.1, 0.15) is 17.7 Å². The van der Waals surface area contributed by atoms with Crippen molar-refractivity contribution >= 4 is 34.7 Å². The van der Waals surface area contributed by atoms with Gasteiger partial charge in [-0.25, -0.2) is 10.8 Å². The van der Waals surface area contributed by atoms with Gasteiger partial charge in [-0.05, 0) is 6.26 Å². The number of nitrogens with one attached hydrogen (secondary N) is 1. The summed E-state index contributed by atoms with van der Waals surface area (Å²) in [6, 6.07) is 0. The molecule has 0 saturated carbocycles. The SMILES string of the molecule is CSC[C@H]1O[C@@H](n2cnc3c(N)nc(NN)nc32)C(O)C1O. The Kier molecular flexibility index (Phi) is 4.06. The molecule has 3 heterocycles. The van der Waals surface area contributed by atoms with Crippen LogP contribution >= 0.6 is 11.8 Å². The number of ether oxygens (including phenoxy) is 1. The van der Waals surface area contributed by atoms with Crippen LogP contribution in [-0.2, 0) is 4.74 Å². The molecule has 0 amide bonds. The molecule has 0 aliphatic carbocycles. The van der Waals surface area contributed by atoms with Crippen LogP contribution in [0.4, 0.5) is 11.8 Å². The first-order valence-corrected chi connectivity index (χ1v) is 7.93. The lowest BCUT2D eigenvalue weighted by Crippen LogP contribution is -2.32. The number of aliphatic hydroxyl groups excluding tert-OH is 2. The number of rotatable bonds is 4. The number of anilines is 2. The van der Waals surface area contributed by atoms with Gasteiger partial charge in [0.25, 0.3) is 0 Å². The molecule has 0 aromatic carbocycles. The summed E-state index contributed by atoms with van der Waals surface area (Å²) in [6.45, 7) is 0. The van der Waals surface area contributed by atoms with Gasteiger partial charge < -0.3 is 20.7 Å². The Hall–Kier alpha value is -1.66. The number of imidazole rings is 1. The Morgan fingerprint density at radius 2 is 2.18 bits per heavy atom. The maximum Gasteiger partial charge on any atom is 0.241 e. The number of fused-ring (bicyclic) bond motifs is 1. The predicted octanol–water partition coefficient (Wildman–Crippen LogP) is -1.32. The minimum Gasteiger partial charge on any atom is -0.387 e. The van der Waals surface area contributed by atoms with Crippen molar-refractivity contribution in [1.82, 2.24) is 19.5 Å². The molecule has 11 heteroatoms. The average molecular weight is 327 g/mol. The zero-order valence-electron chi connectivity index (χ0n) is 11.7. The van der Waals surface area contributed by atoms with E-state index in [-0.39, 0.29) is 11.8 Å². The van der Waals surface area contributed by atoms with E-state index in [9.17, 15) is 10.2 Å². The molecule has 10 nitrogen and oxygen atoms in total. The lowest BCUT2D eigenvalue weighted by atomic mass is 10.1. The first-order valence-electron chi connectivity index (χ1n) is 6.54. The minimum absolute atomic E-state index is 0.125. The Balaban J connectivity index is 2.01. The van der Waals surface area contributed by atoms with Gasteiger partial charge in [0.05, 0.1) is 12.4 Å². The first kappa shape index (κ1) is 15.2. The van der Waals surface area contributed by atoms with E-state index in [0.29, 0.717) is 16.9 Å². The zero-order chi connectivity index (χ0) is 15.9. The molecule has 0 spiro atoms. The van der Waals surface area contributed by atoms with Crippen molar-refractivity contribution in [2.45, 2.75) is 24.5 Å². The van der Waals surface area contributed by atoms with Crippen molar-refractivity contribution < 1.29 is 14.9 Å². The summed E-state index contributed by atoms with van der Waals surface area (Å²) in [4.78, 5) is 12.3. The van der Waals surface area contributed by atoms with Crippen LogP contribution in [0.15, 0.2) is 6.33 Å². The fourth-order valence-corrected chi connectivity index (χ4v) is 3.05. The van der Waals surface area contributed by atoms with Crippen molar-refractivity contribution in [3.05, 3.63) is 6.33 Å². The van der Waals surface area contributed by atoms with Gasteiger partial charge in [0.2, 0.25) is 5.95 Å². The summed E-state index contributed by atoms with van der Waals surface area (Å²) in [5, 5.41) is 20.3. The minimum atomic E-state index is -1.10. The number of aliphatic hydroxyl groups is 2. The van der Waals surface area contributed by atoms with Crippen LogP contribution in [0.25, 0.3) is 11.2 Å². The predicted molar refractivity (Wildman–Crippen MR) is 81.9 cm³/mol. The molecule has 0 bridgehead atoms. The number of hydrogen-bond acceptors (Lipinski definition) is 10. The zero-order valence-corrected chi connectivity index (χ0v) is 12.6. The lowest BCUT2D eigenvalue weighted by Gasteiger charge is -2.16. The molecule has 7 N–H and O–H groups in total. The Morgan fingerprint density at radius 3 is 2.86 bits per heavy atom. The van der Waals surface area contributed by atoms with Crippen molar-refractivity contribution in [3.63, 3.8) is 0 Å². The highest BCUT2D eigenvalue weighted by atomic mass is 32.2. The van der Waals surface area contributed by atoms with Gasteiger partial charge >= 0.3 is 0 Å². The third kappa shape index (κ3) is 2.36. The third-order valence-electron chi connectivity index (χ3n) is 3.52. The summed E-state index contributed by atoms with van der Waals surface area (Å²) in [7, 11) is 0. The Morgan fingerprint density at radius 1 is 1.41 bits per heavy atom. The van der Waals surface area contributed by atoms with Crippen LogP contribution in [0.1, 0.15) is 6.23 Å². The normalized spacial score (nSPS) is 28.4. The number of nitrogens with two attached hydrogens (primary N) is 2. The third-order valence-corrected chi connectivity index (χ3v) is 4.18. The fraction of sp³-hybridized carbons (Fsp3) is 0.545. The van der Waals surface area contributed by atoms with Gasteiger partial charge in [-0.2, -0.15) is 21.7 Å². The van der Waals surface area contributed by atoms with E-state index in [4.69, 9.17) is 16.3 Å². The summed E-state index contributed by atoms with van der Waals surface area (Å²) < 4.78 is 7.26. The Labute approximate surface area is 129 Å². The van der Waals surface area contributed by atoms with Crippen LogP contribution < -0.4 is 17.0 Å². The lowest BCUT2D eigenvalue weighted by molar-refractivity contribution is -0.0288. The number of hydrogen-bond donors (Lipinski definition) is 5. The summed E-state index contributed by atoms with van der Waals surface area (Å²) in [6.07, 6.45) is -0.0230. The molecule has 4 atom stereocenters. The second kappa shape index (κ2) is 5.85. The number of thioether (sulfide) groups is 1. The Bertz CT molecular complexity index is 681.